The molecule has 0 aliphatic heterocycles. The minimum absolute atomic E-state index is 0.0785. The maximum absolute atomic E-state index is 9.87. The molecule has 0 radical (unpaired) electrons. The van der Waals surface area contributed by atoms with Gasteiger partial charge in [-0.15, -0.1) is 0 Å². The Morgan fingerprint density at radius 3 is 2.95 bits per heavy atom. The molecule has 118 valence electrons. The van der Waals surface area contributed by atoms with Gasteiger partial charge in [0.2, 0.25) is 0 Å². The van der Waals surface area contributed by atoms with Crippen LogP contribution in [0.4, 0.5) is 0 Å². The zero-order valence-corrected chi connectivity index (χ0v) is 13.8. The van der Waals surface area contributed by atoms with Crippen LogP contribution < -0.4 is 0 Å². The third-order valence-corrected chi connectivity index (χ3v) is 4.76. The van der Waals surface area contributed by atoms with E-state index in [1.807, 2.05) is 31.3 Å². The van der Waals surface area contributed by atoms with Crippen molar-refractivity contribution in [3.05, 3.63) is 54.9 Å². The third kappa shape index (κ3) is 4.22. The Bertz CT molecular complexity index is 620. The predicted octanol–water partition coefficient (Wildman–Crippen LogP) is 3.71. The molecule has 0 saturated carbocycles. The van der Waals surface area contributed by atoms with Gasteiger partial charge in [-0.25, -0.2) is 0 Å². The zero-order chi connectivity index (χ0) is 15.9. The summed E-state index contributed by atoms with van der Waals surface area (Å²) in [5.74, 6) is 1.58. The number of fused-ring (bicyclic) bond motifs is 1. The molecule has 2 aromatic rings. The van der Waals surface area contributed by atoms with E-state index in [1.165, 1.54) is 11.8 Å². The molecule has 4 nitrogen and oxygen atoms in total. The van der Waals surface area contributed by atoms with Crippen molar-refractivity contribution in [2.45, 2.75) is 24.8 Å². The quantitative estimate of drug-likeness (QED) is 0.752. The van der Waals surface area contributed by atoms with E-state index in [9.17, 15) is 5.21 Å². The molecule has 0 aliphatic rings. The first-order valence-electron chi connectivity index (χ1n) is 7.19. The van der Waals surface area contributed by atoms with Crippen molar-refractivity contribution in [2.75, 3.05) is 12.9 Å². The molecular formula is C17H22N2O2S. The van der Waals surface area contributed by atoms with Gasteiger partial charge in [-0.05, 0) is 24.6 Å². The summed E-state index contributed by atoms with van der Waals surface area (Å²) in [6, 6.07) is 10.1. The molecule has 5 heteroatoms. The second kappa shape index (κ2) is 8.17. The largest absolute Gasteiger partial charge is 0.379 e. The molecule has 0 bridgehead atoms. The van der Waals surface area contributed by atoms with Gasteiger partial charge in [0.15, 0.2) is 0 Å². The molecule has 2 unspecified atom stereocenters. The van der Waals surface area contributed by atoms with Crippen molar-refractivity contribution in [1.82, 2.24) is 10.0 Å². The molecule has 2 rings (SSSR count). The number of aromatic nitrogens is 1. The molecule has 22 heavy (non-hydrogen) atoms. The smallest absolute Gasteiger partial charge is 0.0904 e. The highest BCUT2D eigenvalue weighted by atomic mass is 32.2. The molecule has 1 aromatic carbocycles. The molecule has 0 saturated heterocycles. The van der Waals surface area contributed by atoms with Crippen molar-refractivity contribution in [2.24, 2.45) is 0 Å². The summed E-state index contributed by atoms with van der Waals surface area (Å²) in [7, 11) is 1.65. The number of pyridine rings is 1. The first kappa shape index (κ1) is 16.8. The van der Waals surface area contributed by atoms with Crippen LogP contribution in [0.25, 0.3) is 10.9 Å². The Morgan fingerprint density at radius 1 is 1.45 bits per heavy atom. The van der Waals surface area contributed by atoms with Crippen LogP contribution in [0.2, 0.25) is 0 Å². The highest BCUT2D eigenvalue weighted by Gasteiger charge is 2.21. The fourth-order valence-corrected chi connectivity index (χ4v) is 3.39. The minimum atomic E-state index is -0.124. The number of hydrogen-bond donors (Lipinski definition) is 1. The number of thioether (sulfide) groups is 1. The van der Waals surface area contributed by atoms with Crippen LogP contribution in [0.15, 0.2) is 49.3 Å². The molecule has 2 atom stereocenters. The fraction of sp³-hybridized carbons (Fsp3) is 0.353. The summed E-state index contributed by atoms with van der Waals surface area (Å²) in [5, 5.41) is 12.1. The normalized spacial score (nSPS) is 13.8. The zero-order valence-electron chi connectivity index (χ0n) is 13.0. The van der Waals surface area contributed by atoms with Crippen LogP contribution in [0.3, 0.4) is 0 Å². The Kier molecular flexibility index (Phi) is 6.24. The number of hydroxylamine groups is 2. The summed E-state index contributed by atoms with van der Waals surface area (Å²) >= 11 is 1.74. The molecule has 0 aliphatic carbocycles. The number of methoxy groups -OCH3 is 1. The number of rotatable bonds is 8. The van der Waals surface area contributed by atoms with Gasteiger partial charge < -0.3 is 4.74 Å². The summed E-state index contributed by atoms with van der Waals surface area (Å²) in [6.07, 6.45) is 3.25. The van der Waals surface area contributed by atoms with Crippen molar-refractivity contribution in [3.8, 4) is 0 Å². The highest BCUT2D eigenvalue weighted by Crippen LogP contribution is 2.20. The Balaban J connectivity index is 1.96. The summed E-state index contributed by atoms with van der Waals surface area (Å²) in [4.78, 5) is 4.47. The average molecular weight is 318 g/mol. The van der Waals surface area contributed by atoms with Crippen molar-refractivity contribution in [3.63, 3.8) is 0 Å². The van der Waals surface area contributed by atoms with E-state index < -0.39 is 0 Å². The van der Waals surface area contributed by atoms with Crippen LogP contribution in [0.5, 0.6) is 0 Å². The molecule has 0 spiro atoms. The van der Waals surface area contributed by atoms with E-state index in [0.717, 1.165) is 27.5 Å². The lowest BCUT2D eigenvalue weighted by molar-refractivity contribution is -0.109. The van der Waals surface area contributed by atoms with Gasteiger partial charge in [-0.2, -0.15) is 11.8 Å². The second-order valence-electron chi connectivity index (χ2n) is 5.12. The van der Waals surface area contributed by atoms with Gasteiger partial charge >= 0.3 is 0 Å². The van der Waals surface area contributed by atoms with Gasteiger partial charge in [-0.1, -0.05) is 24.8 Å². The van der Waals surface area contributed by atoms with E-state index in [1.54, 1.807) is 18.9 Å². The van der Waals surface area contributed by atoms with Crippen molar-refractivity contribution in [1.29, 1.82) is 0 Å². The lowest BCUT2D eigenvalue weighted by atomic mass is 10.2. The Labute approximate surface area is 135 Å². The standard InChI is InChI=1S/C17H22N2O2S/c1-4-19(20)17(13(2)21-3)12-22-11-14-9-15-7-5-6-8-16(15)18-10-14/h4-10,13,17,20H,1,11-12H2,2-3H3. The number of ether oxygens (including phenoxy) is 1. The van der Waals surface area contributed by atoms with Gasteiger partial charge in [0.1, 0.15) is 0 Å². The van der Waals surface area contributed by atoms with Crippen molar-refractivity contribution < 1.29 is 9.94 Å². The number of para-hydroxylation sites is 1. The first-order valence-corrected chi connectivity index (χ1v) is 8.35. The minimum Gasteiger partial charge on any atom is -0.379 e. The van der Waals surface area contributed by atoms with E-state index in [0.29, 0.717) is 0 Å². The average Bonchev–Trinajstić information content (AvgIpc) is 2.57. The lowest BCUT2D eigenvalue weighted by Crippen LogP contribution is -2.40. The SMILES string of the molecule is C=CN(O)C(CSCc1cnc2ccccc2c1)C(C)OC. The van der Waals surface area contributed by atoms with Gasteiger partial charge in [0.05, 0.1) is 17.7 Å². The highest BCUT2D eigenvalue weighted by molar-refractivity contribution is 7.98. The van der Waals surface area contributed by atoms with Gasteiger partial charge in [-0.3, -0.25) is 15.3 Å². The molecule has 1 N–H and O–H groups in total. The molecular weight excluding hydrogens is 296 g/mol. The maximum Gasteiger partial charge on any atom is 0.0904 e. The Morgan fingerprint density at radius 2 is 2.23 bits per heavy atom. The van der Waals surface area contributed by atoms with Crippen LogP contribution in [-0.2, 0) is 10.5 Å². The topological polar surface area (TPSA) is 45.6 Å². The third-order valence-electron chi connectivity index (χ3n) is 3.64. The molecule has 1 aromatic heterocycles. The summed E-state index contributed by atoms with van der Waals surface area (Å²) in [6.45, 7) is 5.54. The fourth-order valence-electron chi connectivity index (χ4n) is 2.21. The van der Waals surface area contributed by atoms with Crippen molar-refractivity contribution >= 4 is 22.7 Å². The van der Waals surface area contributed by atoms with Crippen LogP contribution in [0, 0.1) is 0 Å². The number of benzene rings is 1. The first-order chi connectivity index (χ1) is 10.7. The van der Waals surface area contributed by atoms with Crippen LogP contribution in [-0.4, -0.2) is 40.3 Å². The van der Waals surface area contributed by atoms with Gasteiger partial charge in [0, 0.05) is 36.4 Å². The molecule has 1 heterocycles. The molecule has 0 fully saturated rings. The number of nitrogens with zero attached hydrogens (tertiary/aromatic N) is 2. The molecule has 0 amide bonds. The predicted molar refractivity (Wildman–Crippen MR) is 92.0 cm³/mol. The monoisotopic (exact) mass is 318 g/mol. The summed E-state index contributed by atoms with van der Waals surface area (Å²) in [5.41, 5.74) is 2.19. The van der Waals surface area contributed by atoms with E-state index in [-0.39, 0.29) is 12.1 Å². The van der Waals surface area contributed by atoms with Crippen LogP contribution in [0.1, 0.15) is 12.5 Å². The summed E-state index contributed by atoms with van der Waals surface area (Å²) < 4.78 is 5.32. The van der Waals surface area contributed by atoms with Gasteiger partial charge in [0.25, 0.3) is 0 Å². The van der Waals surface area contributed by atoms with E-state index >= 15 is 0 Å². The second-order valence-corrected chi connectivity index (χ2v) is 6.15. The Hall–Kier alpha value is -1.56. The van der Waals surface area contributed by atoms with E-state index in [4.69, 9.17) is 4.74 Å². The lowest BCUT2D eigenvalue weighted by Gasteiger charge is -2.28. The van der Waals surface area contributed by atoms with Crippen LogP contribution >= 0.6 is 11.8 Å². The van der Waals surface area contributed by atoms with E-state index in [2.05, 4.69) is 23.7 Å². The maximum atomic E-state index is 9.87. The number of hydrogen-bond acceptors (Lipinski definition) is 5.